The summed E-state index contributed by atoms with van der Waals surface area (Å²) in [4.78, 5) is 37.0. The van der Waals surface area contributed by atoms with Crippen molar-refractivity contribution in [3.05, 3.63) is 134 Å². The number of aliphatic carboxylic acids is 1. The average molecular weight is 930 g/mol. The number of hydrogen-bond donors (Lipinski definition) is 0. The van der Waals surface area contributed by atoms with Gasteiger partial charge in [-0.25, -0.2) is 0 Å². The Hall–Kier alpha value is -4.57. The molecule has 0 rings (SSSR count). The Balaban J connectivity index is 4.39. The number of ether oxygens (including phenoxy) is 4. The number of carboxylic acids is 1. The Labute approximate surface area is 408 Å². The van der Waals surface area contributed by atoms with E-state index >= 15 is 0 Å². The van der Waals surface area contributed by atoms with Crippen molar-refractivity contribution in [2.45, 2.75) is 167 Å². The minimum absolute atomic E-state index is 0.127. The highest BCUT2D eigenvalue weighted by molar-refractivity contribution is 5.70. The molecule has 0 saturated heterocycles. The van der Waals surface area contributed by atoms with Gasteiger partial charge in [-0.05, 0) is 96.3 Å². The Morgan fingerprint density at radius 3 is 1.25 bits per heavy atom. The minimum Gasteiger partial charge on any atom is -0.545 e. The fourth-order valence-electron chi connectivity index (χ4n) is 6.06. The van der Waals surface area contributed by atoms with E-state index in [4.69, 9.17) is 18.9 Å². The SMILES string of the molecule is CC/C=C\C/C=C\C/C=C\C/C=C\C/C=C\C/C=C\C/C=C\CCCCCCCCCC(=O)OC(COC(=O)CC/C=C\C/C=C\C/C=C\C/C=C\CC)COC(OCC[N+](C)(C)C)C(=O)[O-]. The number of likely N-dealkylation sites (N-methyl/N-ethyl adjacent to an activating group) is 1. The lowest BCUT2D eigenvalue weighted by Crippen LogP contribution is -2.44. The Morgan fingerprint density at radius 1 is 0.448 bits per heavy atom. The summed E-state index contributed by atoms with van der Waals surface area (Å²) in [6.07, 6.45) is 65.1. The molecule has 0 amide bonds. The maximum Gasteiger partial charge on any atom is 0.306 e. The molecule has 9 nitrogen and oxygen atoms in total. The molecule has 67 heavy (non-hydrogen) atoms. The predicted octanol–water partition coefficient (Wildman–Crippen LogP) is 13.0. The van der Waals surface area contributed by atoms with Crippen molar-refractivity contribution < 1.29 is 42.9 Å². The van der Waals surface area contributed by atoms with Gasteiger partial charge in [0.2, 0.25) is 0 Å². The van der Waals surface area contributed by atoms with Crippen LogP contribution in [-0.2, 0) is 33.3 Å². The summed E-state index contributed by atoms with van der Waals surface area (Å²) in [5, 5.41) is 11.7. The molecule has 2 atom stereocenters. The maximum atomic E-state index is 12.8. The summed E-state index contributed by atoms with van der Waals surface area (Å²) in [5.74, 6) is -2.43. The fourth-order valence-corrected chi connectivity index (χ4v) is 6.06. The number of hydrogen-bond acceptors (Lipinski definition) is 8. The number of allylic oxidation sites excluding steroid dienone is 22. The van der Waals surface area contributed by atoms with Crippen LogP contribution in [0.1, 0.15) is 155 Å². The van der Waals surface area contributed by atoms with E-state index < -0.39 is 30.3 Å². The first-order chi connectivity index (χ1) is 32.6. The van der Waals surface area contributed by atoms with Crippen molar-refractivity contribution in [1.82, 2.24) is 0 Å². The first kappa shape index (κ1) is 62.4. The molecular weight excluding hydrogens is 839 g/mol. The lowest BCUT2D eigenvalue weighted by atomic mass is 10.1. The molecule has 0 aromatic heterocycles. The van der Waals surface area contributed by atoms with Crippen LogP contribution < -0.4 is 5.11 Å². The van der Waals surface area contributed by atoms with Crippen LogP contribution in [-0.4, -0.2) is 82.3 Å². The first-order valence-corrected chi connectivity index (χ1v) is 25.3. The molecule has 0 aliphatic carbocycles. The lowest BCUT2D eigenvalue weighted by molar-refractivity contribution is -0.870. The maximum absolute atomic E-state index is 12.8. The van der Waals surface area contributed by atoms with Gasteiger partial charge < -0.3 is 33.3 Å². The van der Waals surface area contributed by atoms with Gasteiger partial charge in [-0.1, -0.05) is 180 Å². The van der Waals surface area contributed by atoms with E-state index in [2.05, 4.69) is 135 Å². The van der Waals surface area contributed by atoms with Gasteiger partial charge in [-0.2, -0.15) is 0 Å². The van der Waals surface area contributed by atoms with Crippen molar-refractivity contribution in [3.8, 4) is 0 Å². The predicted molar refractivity (Wildman–Crippen MR) is 278 cm³/mol. The van der Waals surface area contributed by atoms with Crippen LogP contribution >= 0.6 is 0 Å². The number of carboxylic acid groups (broad SMARTS) is 1. The third-order valence-corrected chi connectivity index (χ3v) is 9.91. The molecule has 0 bridgehead atoms. The van der Waals surface area contributed by atoms with Crippen molar-refractivity contribution in [2.75, 3.05) is 47.5 Å². The molecule has 0 aliphatic rings. The van der Waals surface area contributed by atoms with Gasteiger partial charge in [-0.3, -0.25) is 9.59 Å². The quantitative estimate of drug-likeness (QED) is 0.0195. The highest BCUT2D eigenvalue weighted by Gasteiger charge is 2.21. The Kier molecular flexibility index (Phi) is 44.6. The zero-order valence-electron chi connectivity index (χ0n) is 42.5. The van der Waals surface area contributed by atoms with Gasteiger partial charge in [-0.15, -0.1) is 0 Å². The van der Waals surface area contributed by atoms with Gasteiger partial charge in [0.25, 0.3) is 0 Å². The second-order valence-electron chi connectivity index (χ2n) is 17.3. The topological polar surface area (TPSA) is 111 Å². The molecule has 0 aromatic carbocycles. The largest absolute Gasteiger partial charge is 0.545 e. The third kappa shape index (κ3) is 49.2. The van der Waals surface area contributed by atoms with E-state index in [1.807, 2.05) is 33.3 Å². The fraction of sp³-hybridized carbons (Fsp3) is 0.569. The molecule has 0 aromatic rings. The van der Waals surface area contributed by atoms with Crippen LogP contribution in [0.2, 0.25) is 0 Å². The molecule has 376 valence electrons. The zero-order valence-corrected chi connectivity index (χ0v) is 42.5. The van der Waals surface area contributed by atoms with Crippen LogP contribution in [0.5, 0.6) is 0 Å². The second kappa shape index (κ2) is 47.9. The summed E-state index contributed by atoms with van der Waals surface area (Å²) in [7, 11) is 5.87. The normalized spacial score (nSPS) is 14.0. The summed E-state index contributed by atoms with van der Waals surface area (Å²) in [6.45, 7) is 4.37. The van der Waals surface area contributed by atoms with Crippen LogP contribution in [0.4, 0.5) is 0 Å². The molecular formula is C58H91NO8. The van der Waals surface area contributed by atoms with E-state index in [-0.39, 0.29) is 32.7 Å². The monoisotopic (exact) mass is 930 g/mol. The van der Waals surface area contributed by atoms with Gasteiger partial charge in [0, 0.05) is 12.8 Å². The van der Waals surface area contributed by atoms with Gasteiger partial charge in [0.15, 0.2) is 12.4 Å². The number of quaternary nitrogens is 1. The van der Waals surface area contributed by atoms with Crippen LogP contribution in [0, 0.1) is 0 Å². The summed E-state index contributed by atoms with van der Waals surface area (Å²) in [5.41, 5.74) is 0. The summed E-state index contributed by atoms with van der Waals surface area (Å²) < 4.78 is 22.5. The molecule has 0 spiro atoms. The van der Waals surface area contributed by atoms with Gasteiger partial charge in [0.05, 0.1) is 40.3 Å². The first-order valence-electron chi connectivity index (χ1n) is 25.3. The molecule has 0 saturated carbocycles. The molecule has 0 fully saturated rings. The molecule has 0 heterocycles. The number of nitrogens with zero attached hydrogens (tertiary/aromatic N) is 1. The summed E-state index contributed by atoms with van der Waals surface area (Å²) >= 11 is 0. The highest BCUT2D eigenvalue weighted by Crippen LogP contribution is 2.12. The van der Waals surface area contributed by atoms with E-state index in [9.17, 15) is 19.5 Å². The van der Waals surface area contributed by atoms with Crippen LogP contribution in [0.3, 0.4) is 0 Å². The molecule has 0 aliphatic heterocycles. The third-order valence-electron chi connectivity index (χ3n) is 9.91. The van der Waals surface area contributed by atoms with E-state index in [1.165, 1.54) is 12.8 Å². The number of esters is 2. The van der Waals surface area contributed by atoms with Crippen molar-refractivity contribution in [2.24, 2.45) is 0 Å². The molecule has 2 unspecified atom stereocenters. The Morgan fingerprint density at radius 2 is 0.836 bits per heavy atom. The van der Waals surface area contributed by atoms with Crippen molar-refractivity contribution >= 4 is 17.9 Å². The van der Waals surface area contributed by atoms with E-state index in [1.54, 1.807) is 0 Å². The Bertz CT molecular complexity index is 1550. The number of unbranched alkanes of at least 4 members (excludes halogenated alkanes) is 7. The number of carbonyl (C=O) groups excluding carboxylic acids is 3. The average Bonchev–Trinajstić information content (AvgIpc) is 3.29. The highest BCUT2D eigenvalue weighted by atomic mass is 16.7. The van der Waals surface area contributed by atoms with Crippen molar-refractivity contribution in [3.63, 3.8) is 0 Å². The standard InChI is InChI=1S/C58H91NO8/c1-6-8-10-12-14-16-18-20-21-22-23-24-25-26-27-28-29-30-31-32-33-34-35-37-39-41-43-45-47-49-56(61)67-54(53-66-58(57(62)63)64-51-50-59(3,4)5)52-65-55(60)48-46-44-42-40-38-36-19-17-15-13-11-9-7-2/h8-11,14-17,20-21,23-24,26-27,29-30,32-33,36,38,42,44,54,58H,6-7,12-13,18-19,22,25,28,31,34-35,37,39-41,43,45-53H2,1-5H3/b10-8-,11-9-,16-14-,17-15-,21-20-,24-23-,27-26-,30-29-,33-32-,38-36-,44-42-. The van der Waals surface area contributed by atoms with E-state index in [0.29, 0.717) is 23.9 Å². The summed E-state index contributed by atoms with van der Waals surface area (Å²) in [6, 6.07) is 0. The second-order valence-corrected chi connectivity index (χ2v) is 17.3. The lowest BCUT2D eigenvalue weighted by Gasteiger charge is -2.26. The van der Waals surface area contributed by atoms with Gasteiger partial charge in [0.1, 0.15) is 13.2 Å². The van der Waals surface area contributed by atoms with Crippen molar-refractivity contribution in [1.29, 1.82) is 0 Å². The van der Waals surface area contributed by atoms with Crippen LogP contribution in [0.25, 0.3) is 0 Å². The smallest absolute Gasteiger partial charge is 0.306 e. The molecule has 0 N–H and O–H groups in total. The number of rotatable bonds is 44. The number of carbonyl (C=O) groups is 3. The minimum atomic E-state index is -1.65. The molecule has 9 heteroatoms. The van der Waals surface area contributed by atoms with Gasteiger partial charge >= 0.3 is 11.9 Å². The molecule has 0 radical (unpaired) electrons. The zero-order chi connectivity index (χ0) is 49.2. The van der Waals surface area contributed by atoms with E-state index in [0.717, 1.165) is 103 Å². The van der Waals surface area contributed by atoms with Crippen LogP contribution in [0.15, 0.2) is 134 Å².